The summed E-state index contributed by atoms with van der Waals surface area (Å²) in [4.78, 5) is 16.8. The Bertz CT molecular complexity index is 789. The monoisotopic (exact) mass is 387 g/mol. The lowest BCUT2D eigenvalue weighted by Gasteiger charge is -2.34. The molecule has 0 aromatic heterocycles. The Morgan fingerprint density at radius 2 is 1.85 bits per heavy atom. The molecule has 0 saturated carbocycles. The molecular weight excluding hydrogens is 362 g/mol. The lowest BCUT2D eigenvalue weighted by atomic mass is 10.1. The number of para-hydroxylation sites is 1. The lowest BCUT2D eigenvalue weighted by molar-refractivity contribution is 0.148. The lowest BCUT2D eigenvalue weighted by Crippen LogP contribution is -2.50. The third kappa shape index (κ3) is 4.93. The topological polar surface area (TPSA) is 44.8 Å². The Kier molecular flexibility index (Phi) is 6.58. The van der Waals surface area contributed by atoms with Gasteiger partial charge in [-0.25, -0.2) is 4.79 Å². The van der Waals surface area contributed by atoms with Gasteiger partial charge in [0.15, 0.2) is 0 Å². The van der Waals surface area contributed by atoms with Crippen LogP contribution in [-0.2, 0) is 6.42 Å². The maximum Gasteiger partial charge on any atom is 0.321 e. The fourth-order valence-corrected chi connectivity index (χ4v) is 3.47. The van der Waals surface area contributed by atoms with E-state index in [2.05, 4.69) is 16.3 Å². The zero-order valence-corrected chi connectivity index (χ0v) is 16.6. The molecule has 2 amide bonds. The van der Waals surface area contributed by atoms with Gasteiger partial charge >= 0.3 is 6.03 Å². The van der Waals surface area contributed by atoms with Crippen molar-refractivity contribution in [3.8, 4) is 5.75 Å². The number of nitrogens with one attached hydrogen (secondary N) is 1. The number of amides is 2. The number of carbonyl (C=O) groups excluding carboxylic acids is 1. The number of anilines is 1. The van der Waals surface area contributed by atoms with Crippen LogP contribution in [0, 0.1) is 6.92 Å². The first kappa shape index (κ1) is 19.5. The number of hydrogen-bond donors (Lipinski definition) is 1. The van der Waals surface area contributed by atoms with Crippen LogP contribution >= 0.6 is 11.6 Å². The fraction of sp³-hybridized carbons (Fsp3) is 0.381. The van der Waals surface area contributed by atoms with Crippen molar-refractivity contribution in [3.05, 3.63) is 58.6 Å². The molecule has 1 aliphatic rings. The first-order valence-electron chi connectivity index (χ1n) is 9.24. The summed E-state index contributed by atoms with van der Waals surface area (Å²) < 4.78 is 5.42. The standard InChI is InChI=1S/C21H26ClN3O2/c1-16-18(22)7-5-8-19(16)23-21(26)25-14-12-24(13-15-25)11-10-17-6-3-4-9-20(17)27-2/h3-9H,10-15H2,1-2H3,(H,23,26). The van der Waals surface area contributed by atoms with Gasteiger partial charge < -0.3 is 15.0 Å². The molecule has 144 valence electrons. The summed E-state index contributed by atoms with van der Waals surface area (Å²) in [6.45, 7) is 6.06. The van der Waals surface area contributed by atoms with E-state index in [0.29, 0.717) is 5.02 Å². The maximum atomic E-state index is 12.5. The molecule has 2 aromatic carbocycles. The molecule has 0 unspecified atom stereocenters. The molecule has 5 nitrogen and oxygen atoms in total. The van der Waals surface area contributed by atoms with E-state index in [1.54, 1.807) is 7.11 Å². The second kappa shape index (κ2) is 9.11. The van der Waals surface area contributed by atoms with Crippen molar-refractivity contribution in [1.82, 2.24) is 9.80 Å². The molecule has 0 bridgehead atoms. The van der Waals surface area contributed by atoms with Gasteiger partial charge in [0.05, 0.1) is 7.11 Å². The molecule has 1 heterocycles. The predicted molar refractivity (Wildman–Crippen MR) is 110 cm³/mol. The zero-order valence-electron chi connectivity index (χ0n) is 15.9. The van der Waals surface area contributed by atoms with Crippen LogP contribution in [0.1, 0.15) is 11.1 Å². The van der Waals surface area contributed by atoms with E-state index in [1.807, 2.05) is 48.2 Å². The van der Waals surface area contributed by atoms with E-state index >= 15 is 0 Å². The van der Waals surface area contributed by atoms with Crippen molar-refractivity contribution in [2.45, 2.75) is 13.3 Å². The summed E-state index contributed by atoms with van der Waals surface area (Å²) in [5.41, 5.74) is 2.88. The molecule has 27 heavy (non-hydrogen) atoms. The number of ether oxygens (including phenoxy) is 1. The summed E-state index contributed by atoms with van der Waals surface area (Å²) in [5, 5.41) is 3.64. The highest BCUT2D eigenvalue weighted by Gasteiger charge is 2.21. The van der Waals surface area contributed by atoms with E-state index < -0.39 is 0 Å². The average molecular weight is 388 g/mol. The number of methoxy groups -OCH3 is 1. The minimum absolute atomic E-state index is 0.0651. The summed E-state index contributed by atoms with van der Waals surface area (Å²) in [5.74, 6) is 0.937. The minimum Gasteiger partial charge on any atom is -0.496 e. The SMILES string of the molecule is COc1ccccc1CCN1CCN(C(=O)Nc2cccc(Cl)c2C)CC1. The third-order valence-corrected chi connectivity index (χ3v) is 5.47. The molecular formula is C21H26ClN3O2. The van der Waals surface area contributed by atoms with E-state index in [0.717, 1.165) is 56.1 Å². The maximum absolute atomic E-state index is 12.5. The van der Waals surface area contributed by atoms with E-state index in [9.17, 15) is 4.79 Å². The zero-order chi connectivity index (χ0) is 19.2. The van der Waals surface area contributed by atoms with Gasteiger partial charge in [0, 0.05) is 43.4 Å². The first-order chi connectivity index (χ1) is 13.1. The Labute approximate surface area is 165 Å². The smallest absolute Gasteiger partial charge is 0.321 e. The number of halogens is 1. The van der Waals surface area contributed by atoms with Crippen molar-refractivity contribution in [1.29, 1.82) is 0 Å². The molecule has 0 aliphatic carbocycles. The van der Waals surface area contributed by atoms with Gasteiger partial charge in [0.25, 0.3) is 0 Å². The Morgan fingerprint density at radius 3 is 2.59 bits per heavy atom. The fourth-order valence-electron chi connectivity index (χ4n) is 3.30. The third-order valence-electron chi connectivity index (χ3n) is 5.06. The number of hydrogen-bond acceptors (Lipinski definition) is 3. The molecule has 0 atom stereocenters. The van der Waals surface area contributed by atoms with Crippen LogP contribution < -0.4 is 10.1 Å². The highest BCUT2D eigenvalue weighted by molar-refractivity contribution is 6.31. The van der Waals surface area contributed by atoms with Crippen LogP contribution in [0.3, 0.4) is 0 Å². The van der Waals surface area contributed by atoms with Gasteiger partial charge in [-0.1, -0.05) is 35.9 Å². The second-order valence-corrected chi connectivity index (χ2v) is 7.14. The number of nitrogens with zero attached hydrogens (tertiary/aromatic N) is 2. The molecule has 2 aromatic rings. The summed E-state index contributed by atoms with van der Waals surface area (Å²) in [7, 11) is 1.71. The normalized spacial score (nSPS) is 14.9. The van der Waals surface area contributed by atoms with E-state index in [1.165, 1.54) is 5.56 Å². The molecule has 1 saturated heterocycles. The molecule has 0 spiro atoms. The summed E-state index contributed by atoms with van der Waals surface area (Å²) in [6, 6.07) is 13.6. The number of piperazine rings is 1. The molecule has 6 heteroatoms. The van der Waals surface area contributed by atoms with E-state index in [4.69, 9.17) is 16.3 Å². The van der Waals surface area contributed by atoms with Crippen LogP contribution in [-0.4, -0.2) is 55.7 Å². The van der Waals surface area contributed by atoms with Crippen molar-refractivity contribution in [2.75, 3.05) is 45.2 Å². The van der Waals surface area contributed by atoms with Crippen LogP contribution in [0.25, 0.3) is 0 Å². The molecule has 1 aliphatic heterocycles. The highest BCUT2D eigenvalue weighted by atomic mass is 35.5. The largest absolute Gasteiger partial charge is 0.496 e. The molecule has 1 N–H and O–H groups in total. The molecule has 1 fully saturated rings. The van der Waals surface area contributed by atoms with Gasteiger partial charge in [-0.3, -0.25) is 4.90 Å². The van der Waals surface area contributed by atoms with Crippen molar-refractivity contribution in [2.24, 2.45) is 0 Å². The predicted octanol–water partition coefficient (Wildman–Crippen LogP) is 4.05. The van der Waals surface area contributed by atoms with Crippen LogP contribution in [0.4, 0.5) is 10.5 Å². The molecule has 0 radical (unpaired) electrons. The Morgan fingerprint density at radius 1 is 1.11 bits per heavy atom. The Balaban J connectivity index is 1.48. The summed E-state index contributed by atoms with van der Waals surface area (Å²) >= 11 is 6.13. The average Bonchev–Trinajstić information content (AvgIpc) is 2.70. The second-order valence-electron chi connectivity index (χ2n) is 6.73. The number of benzene rings is 2. The van der Waals surface area contributed by atoms with Crippen molar-refractivity contribution in [3.63, 3.8) is 0 Å². The van der Waals surface area contributed by atoms with Crippen LogP contribution in [0.5, 0.6) is 5.75 Å². The van der Waals surface area contributed by atoms with Gasteiger partial charge in [0.2, 0.25) is 0 Å². The summed E-state index contributed by atoms with van der Waals surface area (Å²) in [6.07, 6.45) is 0.942. The van der Waals surface area contributed by atoms with Gasteiger partial charge in [0.1, 0.15) is 5.75 Å². The highest BCUT2D eigenvalue weighted by Crippen LogP contribution is 2.23. The van der Waals surface area contributed by atoms with Gasteiger partial charge in [-0.15, -0.1) is 0 Å². The quantitative estimate of drug-likeness (QED) is 0.841. The number of urea groups is 1. The van der Waals surface area contributed by atoms with Crippen LogP contribution in [0.15, 0.2) is 42.5 Å². The number of carbonyl (C=O) groups is 1. The van der Waals surface area contributed by atoms with Crippen molar-refractivity contribution >= 4 is 23.3 Å². The van der Waals surface area contributed by atoms with Gasteiger partial charge in [-0.05, 0) is 42.7 Å². The van der Waals surface area contributed by atoms with E-state index in [-0.39, 0.29) is 6.03 Å². The minimum atomic E-state index is -0.0651. The first-order valence-corrected chi connectivity index (χ1v) is 9.61. The number of rotatable bonds is 5. The van der Waals surface area contributed by atoms with Gasteiger partial charge in [-0.2, -0.15) is 0 Å². The van der Waals surface area contributed by atoms with Crippen LogP contribution in [0.2, 0.25) is 5.02 Å². The van der Waals surface area contributed by atoms with Crippen molar-refractivity contribution < 1.29 is 9.53 Å². The molecule has 3 rings (SSSR count). The Hall–Kier alpha value is -2.24.